The lowest BCUT2D eigenvalue weighted by molar-refractivity contribution is 0.0692. The van der Waals surface area contributed by atoms with Crippen LogP contribution in [0.25, 0.3) is 0 Å². The van der Waals surface area contributed by atoms with Gasteiger partial charge < -0.3 is 10.2 Å². The van der Waals surface area contributed by atoms with Gasteiger partial charge in [0.1, 0.15) is 5.82 Å². The second-order valence-corrected chi connectivity index (χ2v) is 6.94. The fourth-order valence-electron chi connectivity index (χ4n) is 2.55. The van der Waals surface area contributed by atoms with Crippen LogP contribution in [-0.2, 0) is 10.0 Å². The van der Waals surface area contributed by atoms with Crippen molar-refractivity contribution in [2.75, 3.05) is 13.2 Å². The quantitative estimate of drug-likeness (QED) is 0.861. The molecule has 2 rings (SSSR count). The van der Waals surface area contributed by atoms with Gasteiger partial charge in [-0.05, 0) is 30.5 Å². The van der Waals surface area contributed by atoms with E-state index in [0.29, 0.717) is 12.5 Å². The zero-order valence-electron chi connectivity index (χ0n) is 11.4. The predicted octanol–water partition coefficient (Wildman–Crippen LogP) is 0.915. The van der Waals surface area contributed by atoms with Crippen molar-refractivity contribution in [3.8, 4) is 0 Å². The van der Waals surface area contributed by atoms with Crippen LogP contribution < -0.4 is 0 Å². The van der Waals surface area contributed by atoms with Gasteiger partial charge in [0.05, 0.1) is 23.1 Å². The second kappa shape index (κ2) is 5.70. The number of halogens is 1. The van der Waals surface area contributed by atoms with Crippen LogP contribution >= 0.6 is 0 Å². The van der Waals surface area contributed by atoms with Gasteiger partial charge in [-0.3, -0.25) is 0 Å². The third-order valence-corrected chi connectivity index (χ3v) is 5.74. The summed E-state index contributed by atoms with van der Waals surface area (Å²) < 4.78 is 39.6. The van der Waals surface area contributed by atoms with Gasteiger partial charge in [0.2, 0.25) is 10.0 Å². The summed E-state index contributed by atoms with van der Waals surface area (Å²) in [6.45, 7) is 1.61. The summed E-state index contributed by atoms with van der Waals surface area (Å²) >= 11 is 0. The highest BCUT2D eigenvalue weighted by molar-refractivity contribution is 7.89. The van der Waals surface area contributed by atoms with E-state index < -0.39 is 38.3 Å². The molecule has 21 heavy (non-hydrogen) atoms. The Morgan fingerprint density at radius 2 is 2.14 bits per heavy atom. The maximum absolute atomic E-state index is 13.4. The number of nitrogens with zero attached hydrogens (tertiary/aromatic N) is 1. The number of carboxylic acids is 1. The summed E-state index contributed by atoms with van der Waals surface area (Å²) in [4.78, 5) is 10.6. The van der Waals surface area contributed by atoms with Crippen molar-refractivity contribution in [1.29, 1.82) is 0 Å². The molecule has 0 saturated carbocycles. The SMILES string of the molecule is CC1CCN(S(=O)(=O)c2cc(F)ccc2C(=O)O)C1CO. The van der Waals surface area contributed by atoms with E-state index >= 15 is 0 Å². The van der Waals surface area contributed by atoms with Crippen LogP contribution in [0.1, 0.15) is 23.7 Å². The van der Waals surface area contributed by atoms with Crippen LogP contribution in [0.3, 0.4) is 0 Å². The highest BCUT2D eigenvalue weighted by atomic mass is 32.2. The van der Waals surface area contributed by atoms with E-state index in [2.05, 4.69) is 0 Å². The number of benzene rings is 1. The summed E-state index contributed by atoms with van der Waals surface area (Å²) in [5.74, 6) is -2.32. The van der Waals surface area contributed by atoms with Gasteiger partial charge in [0, 0.05) is 6.54 Å². The second-order valence-electron chi connectivity index (χ2n) is 5.08. The minimum absolute atomic E-state index is 0.0494. The Morgan fingerprint density at radius 1 is 1.48 bits per heavy atom. The highest BCUT2D eigenvalue weighted by Gasteiger charge is 2.40. The fourth-order valence-corrected chi connectivity index (χ4v) is 4.48. The Kier molecular flexibility index (Phi) is 4.31. The summed E-state index contributed by atoms with van der Waals surface area (Å²) in [5, 5.41) is 18.4. The number of carboxylic acid groups (broad SMARTS) is 1. The number of sulfonamides is 1. The first kappa shape index (κ1) is 15.9. The molecule has 0 aromatic heterocycles. The first-order valence-electron chi connectivity index (χ1n) is 6.44. The first-order valence-corrected chi connectivity index (χ1v) is 7.88. The zero-order valence-corrected chi connectivity index (χ0v) is 12.2. The summed E-state index contributed by atoms with van der Waals surface area (Å²) in [6.07, 6.45) is 0.558. The smallest absolute Gasteiger partial charge is 0.337 e. The lowest BCUT2D eigenvalue weighted by Gasteiger charge is -2.25. The number of rotatable bonds is 4. The monoisotopic (exact) mass is 317 g/mol. The third kappa shape index (κ3) is 2.78. The number of aliphatic hydroxyl groups excluding tert-OH is 1. The van der Waals surface area contributed by atoms with Crippen molar-refractivity contribution < 1.29 is 27.8 Å². The first-order chi connectivity index (χ1) is 9.78. The van der Waals surface area contributed by atoms with Crippen LogP contribution in [-0.4, -0.2) is 48.1 Å². The molecule has 1 aliphatic rings. The summed E-state index contributed by atoms with van der Waals surface area (Å²) in [7, 11) is -4.18. The Bertz CT molecular complexity index is 661. The summed E-state index contributed by atoms with van der Waals surface area (Å²) in [5.41, 5.74) is -0.479. The maximum atomic E-state index is 13.4. The molecular formula is C13H16FNO5S. The van der Waals surface area contributed by atoms with Crippen LogP contribution in [0, 0.1) is 11.7 Å². The van der Waals surface area contributed by atoms with Crippen LogP contribution in [0.4, 0.5) is 4.39 Å². The van der Waals surface area contributed by atoms with Crippen molar-refractivity contribution in [2.24, 2.45) is 5.92 Å². The van der Waals surface area contributed by atoms with E-state index in [9.17, 15) is 22.7 Å². The highest BCUT2D eigenvalue weighted by Crippen LogP contribution is 2.31. The molecule has 1 fully saturated rings. The van der Waals surface area contributed by atoms with Crippen LogP contribution in [0.15, 0.2) is 23.1 Å². The molecule has 1 saturated heterocycles. The summed E-state index contributed by atoms with van der Waals surface area (Å²) in [6, 6.07) is 1.91. The standard InChI is InChI=1S/C13H16FNO5S/c1-8-4-5-15(11(8)7-16)21(19,20)12-6-9(14)2-3-10(12)13(17)18/h2-3,6,8,11,16H,4-5,7H2,1H3,(H,17,18). The van der Waals surface area contributed by atoms with Gasteiger partial charge in [-0.15, -0.1) is 0 Å². The van der Waals surface area contributed by atoms with Crippen molar-refractivity contribution >= 4 is 16.0 Å². The van der Waals surface area contributed by atoms with Crippen molar-refractivity contribution in [1.82, 2.24) is 4.31 Å². The van der Waals surface area contributed by atoms with Crippen molar-refractivity contribution in [3.05, 3.63) is 29.6 Å². The van der Waals surface area contributed by atoms with Gasteiger partial charge >= 0.3 is 5.97 Å². The molecule has 1 heterocycles. The molecule has 2 N–H and O–H groups in total. The Labute approximate surface area is 121 Å². The van der Waals surface area contributed by atoms with E-state index in [1.54, 1.807) is 6.92 Å². The number of hydrogen-bond donors (Lipinski definition) is 2. The van der Waals surface area contributed by atoms with Gasteiger partial charge in [-0.25, -0.2) is 17.6 Å². The minimum Gasteiger partial charge on any atom is -0.478 e. The van der Waals surface area contributed by atoms with E-state index in [1.807, 2.05) is 0 Å². The molecule has 8 heteroatoms. The van der Waals surface area contributed by atoms with Crippen LogP contribution in [0.5, 0.6) is 0 Å². The van der Waals surface area contributed by atoms with E-state index in [4.69, 9.17) is 5.11 Å². The molecule has 0 aliphatic carbocycles. The number of hydrogen-bond acceptors (Lipinski definition) is 4. The topological polar surface area (TPSA) is 94.9 Å². The molecule has 0 amide bonds. The van der Waals surface area contributed by atoms with E-state index in [1.165, 1.54) is 0 Å². The Balaban J connectivity index is 2.54. The molecule has 1 aromatic carbocycles. The van der Waals surface area contributed by atoms with Crippen molar-refractivity contribution in [2.45, 2.75) is 24.3 Å². The average Bonchev–Trinajstić information content (AvgIpc) is 2.80. The molecule has 6 nitrogen and oxygen atoms in total. The van der Waals surface area contributed by atoms with Crippen LogP contribution in [0.2, 0.25) is 0 Å². The zero-order chi connectivity index (χ0) is 15.8. The molecule has 1 aromatic rings. The molecule has 116 valence electrons. The van der Waals surface area contributed by atoms with Gasteiger partial charge in [0.25, 0.3) is 0 Å². The Hall–Kier alpha value is -1.51. The third-order valence-electron chi connectivity index (χ3n) is 3.78. The molecular weight excluding hydrogens is 301 g/mol. The van der Waals surface area contributed by atoms with E-state index in [-0.39, 0.29) is 19.1 Å². The maximum Gasteiger partial charge on any atom is 0.337 e. The molecule has 0 bridgehead atoms. The van der Waals surface area contributed by atoms with Gasteiger partial charge in [-0.1, -0.05) is 6.92 Å². The minimum atomic E-state index is -4.18. The predicted molar refractivity (Wildman–Crippen MR) is 71.9 cm³/mol. The molecule has 2 atom stereocenters. The molecule has 1 aliphatic heterocycles. The normalized spacial score (nSPS) is 23.4. The molecule has 0 radical (unpaired) electrons. The van der Waals surface area contributed by atoms with E-state index in [0.717, 1.165) is 16.4 Å². The molecule has 2 unspecified atom stereocenters. The van der Waals surface area contributed by atoms with Gasteiger partial charge in [-0.2, -0.15) is 4.31 Å². The number of aromatic carboxylic acids is 1. The molecule has 0 spiro atoms. The fraction of sp³-hybridized carbons (Fsp3) is 0.462. The number of aliphatic hydroxyl groups is 1. The number of carbonyl (C=O) groups is 1. The largest absolute Gasteiger partial charge is 0.478 e. The Morgan fingerprint density at radius 3 is 2.71 bits per heavy atom. The van der Waals surface area contributed by atoms with Crippen molar-refractivity contribution in [3.63, 3.8) is 0 Å². The lowest BCUT2D eigenvalue weighted by Crippen LogP contribution is -2.40. The average molecular weight is 317 g/mol. The van der Waals surface area contributed by atoms with Gasteiger partial charge in [0.15, 0.2) is 0 Å². The lowest BCUT2D eigenvalue weighted by atomic mass is 10.0.